The van der Waals surface area contributed by atoms with Gasteiger partial charge in [-0.2, -0.15) is 12.8 Å². The quantitative estimate of drug-likeness (QED) is 0.152. The Balaban J connectivity index is 0.000000239. The van der Waals surface area contributed by atoms with Crippen LogP contribution in [-0.4, -0.2) is 100 Å². The first-order valence-electron chi connectivity index (χ1n) is 16.7. The molecule has 2 aromatic carbocycles. The van der Waals surface area contributed by atoms with Gasteiger partial charge in [-0.15, -0.1) is 6.42 Å². The largest absolute Gasteiger partial charge is 0.778 e. The van der Waals surface area contributed by atoms with E-state index in [9.17, 15) is 36.7 Å². The van der Waals surface area contributed by atoms with E-state index in [1.807, 2.05) is 9.88 Å². The van der Waals surface area contributed by atoms with Crippen LogP contribution in [0.2, 0.25) is 0 Å². The van der Waals surface area contributed by atoms with Gasteiger partial charge in [-0.25, -0.2) is 13.7 Å². The fourth-order valence-corrected chi connectivity index (χ4v) is 7.81. The lowest BCUT2D eigenvalue weighted by atomic mass is 9.92. The number of fused-ring (bicyclic) bond motifs is 3. The van der Waals surface area contributed by atoms with Gasteiger partial charge in [-0.3, -0.25) is 29.3 Å². The highest BCUT2D eigenvalue weighted by atomic mass is 32.2. The molecular weight excluding hydrogens is 813 g/mol. The molecule has 6 rings (SSSR count). The van der Waals surface area contributed by atoms with Crippen molar-refractivity contribution in [2.45, 2.75) is 46.7 Å². The molecule has 3 aromatic rings. The molecule has 0 saturated heterocycles. The molecular formula is C34H45FN7O10PS3. The lowest BCUT2D eigenvalue weighted by Gasteiger charge is -2.31. The van der Waals surface area contributed by atoms with Gasteiger partial charge in [-0.05, 0) is 48.4 Å². The van der Waals surface area contributed by atoms with Gasteiger partial charge in [-0.1, -0.05) is 31.9 Å². The Kier molecular flexibility index (Phi) is 15.8. The first-order valence-corrected chi connectivity index (χ1v) is 23.1. The zero-order valence-corrected chi connectivity index (χ0v) is 35.2. The monoisotopic (exact) mass is 857 g/mol. The number of hydrogen-bond acceptors (Lipinski definition) is 12. The van der Waals surface area contributed by atoms with Crippen molar-refractivity contribution in [1.82, 2.24) is 18.6 Å². The molecule has 4 heterocycles. The number of anilines is 2. The first-order chi connectivity index (χ1) is 26.0. The summed E-state index contributed by atoms with van der Waals surface area (Å²) < 4.78 is 63.1. The van der Waals surface area contributed by atoms with Crippen molar-refractivity contribution in [2.24, 2.45) is 10.4 Å². The first kappa shape index (κ1) is 46.1. The van der Waals surface area contributed by atoms with Crippen LogP contribution in [0.4, 0.5) is 21.5 Å². The lowest BCUT2D eigenvalue weighted by molar-refractivity contribution is -0.193. The Hall–Kier alpha value is -4.29. The zero-order valence-electron chi connectivity index (χ0n) is 31.8. The number of amides is 2. The van der Waals surface area contributed by atoms with Gasteiger partial charge in [0.05, 0.1) is 55.1 Å². The van der Waals surface area contributed by atoms with Gasteiger partial charge >= 0.3 is 16.2 Å². The number of ether oxygens (including phenoxy) is 1. The summed E-state index contributed by atoms with van der Waals surface area (Å²) in [4.78, 5) is 58.3. The Bertz CT molecular complexity index is 2190. The maximum atomic E-state index is 14.5. The van der Waals surface area contributed by atoms with E-state index in [1.165, 1.54) is 28.6 Å². The van der Waals surface area contributed by atoms with Crippen LogP contribution in [0, 0.1) is 23.6 Å². The van der Waals surface area contributed by atoms with Crippen LogP contribution in [0.3, 0.4) is 0 Å². The second-order valence-electron chi connectivity index (χ2n) is 13.9. The van der Waals surface area contributed by atoms with Crippen LogP contribution in [0.5, 0.6) is 5.75 Å². The summed E-state index contributed by atoms with van der Waals surface area (Å²) >= 11 is 1.24. The maximum absolute atomic E-state index is 14.5. The summed E-state index contributed by atoms with van der Waals surface area (Å²) in [5.74, 6) is 1.27. The third-order valence-corrected chi connectivity index (χ3v) is 10.3. The number of hydrogen-bond donors (Lipinski definition) is 4. The highest BCUT2D eigenvalue weighted by Gasteiger charge is 2.37. The Labute approximate surface area is 331 Å². The predicted octanol–water partition coefficient (Wildman–Crippen LogP) is 2.12. The number of carbonyl (C=O) groups excluding carboxylic acids is 2. The van der Waals surface area contributed by atoms with Crippen molar-refractivity contribution in [3.63, 3.8) is 0 Å². The van der Waals surface area contributed by atoms with Crippen LogP contribution in [0.25, 0.3) is 0 Å². The van der Waals surface area contributed by atoms with Gasteiger partial charge in [0.25, 0.3) is 11.8 Å². The molecule has 1 unspecified atom stereocenters. The highest BCUT2D eigenvalue weighted by molar-refractivity contribution is 7.94. The number of halogens is 1. The summed E-state index contributed by atoms with van der Waals surface area (Å²) in [5.41, 5.74) is 1.40. The average molecular weight is 858 g/mol. The summed E-state index contributed by atoms with van der Waals surface area (Å²) in [7, 11) is -7.46. The van der Waals surface area contributed by atoms with E-state index in [1.54, 1.807) is 38.1 Å². The third kappa shape index (κ3) is 12.9. The molecule has 2 amide bonds. The number of para-hydroxylation sites is 1. The molecule has 3 aliphatic rings. The molecule has 306 valence electrons. The minimum atomic E-state index is -4.35. The Morgan fingerprint density at radius 1 is 1.27 bits per heavy atom. The smallest absolute Gasteiger partial charge is 0.326 e. The standard InChI is InChI=1S/C18H17FN4O2S.C10H12N2O3S.C3H8NO5P.C3H9S/c1-4-5-22-13-7-12(11(19)6-14(13)25-9-16(22)24)20-17-23-10-18(2,3)8-15(23)21-26-17;1-7(2)12-10(13)8-5-3-4-6-9(8)11-16(12,14)15;5-3(6)1-4-2-10(7,8)9;1-4(2)3/h1,6-7H,5,8-10H2,2-3H3;3-7,11H,1-2H3;4H,1-2H2,(H,5,6)(H2,7,8,9);1-3H3/q;;;+1/p-1/b20-17-;;;. The number of carbonyl (C=O) groups is 3. The van der Waals surface area contributed by atoms with E-state index in [4.69, 9.17) is 21.2 Å². The molecule has 0 radical (unpaired) electrons. The van der Waals surface area contributed by atoms with Gasteiger partial charge < -0.3 is 28.8 Å². The minimum absolute atomic E-state index is 0.0964. The van der Waals surface area contributed by atoms with Crippen molar-refractivity contribution >= 4 is 75.1 Å². The molecule has 0 bridgehead atoms. The fourth-order valence-electron chi connectivity index (χ4n) is 5.24. The Morgan fingerprint density at radius 2 is 1.91 bits per heavy atom. The molecule has 3 aliphatic heterocycles. The summed E-state index contributed by atoms with van der Waals surface area (Å²) in [5, 5.41) is 9.97. The minimum Gasteiger partial charge on any atom is -0.778 e. The van der Waals surface area contributed by atoms with E-state index >= 15 is 0 Å². The number of carboxylic acid groups (broad SMARTS) is 1. The molecule has 17 nitrogen and oxygen atoms in total. The summed E-state index contributed by atoms with van der Waals surface area (Å²) in [6.45, 7) is 7.89. The molecule has 4 N–H and O–H groups in total. The number of aliphatic carboxylic acids is 1. The number of nitrogens with zero attached hydrogens (tertiary/aromatic N) is 5. The second-order valence-corrected chi connectivity index (χ2v) is 20.2. The number of aromatic nitrogens is 2. The molecule has 1 atom stereocenters. The molecule has 22 heteroatoms. The van der Waals surface area contributed by atoms with Gasteiger partial charge in [0.15, 0.2) is 12.4 Å². The Morgan fingerprint density at radius 3 is 2.50 bits per heavy atom. The van der Waals surface area contributed by atoms with Crippen molar-refractivity contribution in [3.8, 4) is 18.1 Å². The van der Waals surface area contributed by atoms with Gasteiger partial charge in [0.2, 0.25) is 4.80 Å². The summed E-state index contributed by atoms with van der Waals surface area (Å²) in [6, 6.07) is 8.91. The van der Waals surface area contributed by atoms with Crippen molar-refractivity contribution < 1.29 is 51.4 Å². The molecule has 0 aliphatic carbocycles. The van der Waals surface area contributed by atoms with E-state index in [0.717, 1.165) is 23.1 Å². The lowest BCUT2D eigenvalue weighted by Crippen LogP contribution is -2.48. The zero-order chi connectivity index (χ0) is 42.2. The predicted molar refractivity (Wildman–Crippen MR) is 212 cm³/mol. The number of benzene rings is 2. The molecule has 0 saturated carbocycles. The number of carboxylic acids is 1. The SMILES string of the molecule is C#CCN1C(=O)COc2cc(F)c(/N=c3\snc4n3CC(C)(C)C4)cc21.CC(C)N1C(=O)c2ccccc2NS1(=O)=O.C[S+](C)C.O=C(O)CNCP(=O)([O-])O. The highest BCUT2D eigenvalue weighted by Crippen LogP contribution is 2.37. The average Bonchev–Trinajstić information content (AvgIpc) is 3.56. The van der Waals surface area contributed by atoms with Crippen LogP contribution < -0.4 is 29.4 Å². The number of nitrogens with one attached hydrogen (secondary N) is 2. The summed E-state index contributed by atoms with van der Waals surface area (Å²) in [6.07, 6.45) is 12.1. The van der Waals surface area contributed by atoms with Crippen LogP contribution >= 0.6 is 19.1 Å². The van der Waals surface area contributed by atoms with Crippen molar-refractivity contribution in [2.75, 3.05) is 54.4 Å². The normalized spacial score (nSPS) is 17.2. The topological polar surface area (TPSA) is 236 Å². The van der Waals surface area contributed by atoms with E-state index in [2.05, 4.69) is 52.6 Å². The molecule has 0 spiro atoms. The maximum Gasteiger partial charge on any atom is 0.326 e. The van der Waals surface area contributed by atoms with Gasteiger partial charge in [0, 0.05) is 36.6 Å². The van der Waals surface area contributed by atoms with E-state index < -0.39 is 54.4 Å². The molecule has 0 fully saturated rings. The van der Waals surface area contributed by atoms with Crippen molar-refractivity contribution in [1.29, 1.82) is 0 Å². The molecule has 56 heavy (non-hydrogen) atoms. The van der Waals surface area contributed by atoms with Crippen LogP contribution in [0.1, 0.15) is 43.9 Å². The number of rotatable bonds is 7. The number of terminal acetylenes is 1. The second kappa shape index (κ2) is 19.2. The fraction of sp³-hybridized carbons (Fsp3) is 0.441. The molecule has 1 aromatic heterocycles. The van der Waals surface area contributed by atoms with E-state index in [0.29, 0.717) is 38.4 Å². The third-order valence-electron chi connectivity index (χ3n) is 7.35. The van der Waals surface area contributed by atoms with E-state index in [-0.39, 0.29) is 30.2 Å². The van der Waals surface area contributed by atoms with Crippen molar-refractivity contribution in [3.05, 3.63) is 58.4 Å². The van der Waals surface area contributed by atoms with Crippen LogP contribution in [0.15, 0.2) is 41.4 Å². The van der Waals surface area contributed by atoms with Gasteiger partial charge in [0.1, 0.15) is 24.9 Å². The van der Waals surface area contributed by atoms with Crippen LogP contribution in [-0.2, 0) is 48.2 Å².